The Morgan fingerprint density at radius 3 is 2.60 bits per heavy atom. The van der Waals surface area contributed by atoms with Crippen LogP contribution in [0.2, 0.25) is 5.02 Å². The third-order valence-corrected chi connectivity index (χ3v) is 6.82. The number of anilines is 3. The SMILES string of the molecule is Nc1cnc2c(NC(=O)C3CCC(N4CCCC4=O)CC3)c(C(=O)Nc3ccc(Cl)cn3)oc2c1. The zero-order valence-corrected chi connectivity index (χ0v) is 19.7. The van der Waals surface area contributed by atoms with E-state index < -0.39 is 5.91 Å². The van der Waals surface area contributed by atoms with E-state index in [0.29, 0.717) is 35.5 Å². The predicted molar refractivity (Wildman–Crippen MR) is 131 cm³/mol. The number of carbonyl (C=O) groups excluding carboxylic acids is 3. The highest BCUT2D eigenvalue weighted by Crippen LogP contribution is 2.34. The van der Waals surface area contributed by atoms with Gasteiger partial charge in [0.05, 0.1) is 16.9 Å². The van der Waals surface area contributed by atoms with Gasteiger partial charge in [-0.05, 0) is 44.2 Å². The highest BCUT2D eigenvalue weighted by atomic mass is 35.5. The minimum atomic E-state index is -0.594. The van der Waals surface area contributed by atoms with Crippen LogP contribution in [0.1, 0.15) is 49.1 Å². The van der Waals surface area contributed by atoms with Crippen molar-refractivity contribution in [2.24, 2.45) is 5.92 Å². The number of nitrogens with zero attached hydrogens (tertiary/aromatic N) is 3. The number of rotatable bonds is 5. The van der Waals surface area contributed by atoms with Gasteiger partial charge in [0.25, 0.3) is 5.91 Å². The molecule has 0 radical (unpaired) electrons. The van der Waals surface area contributed by atoms with Crippen LogP contribution in [0.5, 0.6) is 0 Å². The highest BCUT2D eigenvalue weighted by Gasteiger charge is 2.34. The number of pyridine rings is 2. The van der Waals surface area contributed by atoms with E-state index in [0.717, 1.165) is 25.8 Å². The van der Waals surface area contributed by atoms with Gasteiger partial charge in [-0.15, -0.1) is 0 Å². The van der Waals surface area contributed by atoms with Crippen LogP contribution in [-0.4, -0.2) is 45.2 Å². The number of nitrogens with two attached hydrogens (primary N) is 1. The number of amides is 3. The smallest absolute Gasteiger partial charge is 0.294 e. The van der Waals surface area contributed by atoms with Gasteiger partial charge in [-0.2, -0.15) is 0 Å². The molecule has 1 aliphatic heterocycles. The Bertz CT molecular complexity index is 1280. The fourth-order valence-electron chi connectivity index (χ4n) is 4.82. The van der Waals surface area contributed by atoms with Crippen LogP contribution in [0, 0.1) is 5.92 Å². The third-order valence-electron chi connectivity index (χ3n) is 6.59. The van der Waals surface area contributed by atoms with E-state index in [1.165, 1.54) is 12.4 Å². The molecular formula is C24H25ClN6O4. The summed E-state index contributed by atoms with van der Waals surface area (Å²) in [6.45, 7) is 0.803. The molecule has 0 spiro atoms. The quantitative estimate of drug-likeness (QED) is 0.487. The van der Waals surface area contributed by atoms with Crippen LogP contribution in [0.3, 0.4) is 0 Å². The van der Waals surface area contributed by atoms with Gasteiger partial charge in [0.2, 0.25) is 17.6 Å². The number of furan rings is 1. The summed E-state index contributed by atoms with van der Waals surface area (Å²) < 4.78 is 5.76. The van der Waals surface area contributed by atoms with Crippen LogP contribution in [0.15, 0.2) is 35.0 Å². The number of likely N-dealkylation sites (tertiary alicyclic amines) is 1. The molecule has 0 atom stereocenters. The van der Waals surface area contributed by atoms with Gasteiger partial charge < -0.3 is 25.7 Å². The fraction of sp³-hybridized carbons (Fsp3) is 0.375. The molecule has 3 amide bonds. The van der Waals surface area contributed by atoms with Crippen molar-refractivity contribution in [1.29, 1.82) is 0 Å². The lowest BCUT2D eigenvalue weighted by molar-refractivity contribution is -0.130. The Balaban J connectivity index is 1.34. The van der Waals surface area contributed by atoms with Gasteiger partial charge >= 0.3 is 0 Å². The van der Waals surface area contributed by atoms with Gasteiger partial charge in [0.15, 0.2) is 5.58 Å². The molecule has 0 aromatic carbocycles. The van der Waals surface area contributed by atoms with E-state index in [1.807, 2.05) is 4.90 Å². The van der Waals surface area contributed by atoms with Crippen molar-refractivity contribution in [3.63, 3.8) is 0 Å². The monoisotopic (exact) mass is 496 g/mol. The van der Waals surface area contributed by atoms with E-state index in [4.69, 9.17) is 21.8 Å². The topological polar surface area (TPSA) is 143 Å². The molecule has 4 heterocycles. The van der Waals surface area contributed by atoms with E-state index in [1.54, 1.807) is 18.2 Å². The van der Waals surface area contributed by atoms with Crippen molar-refractivity contribution in [2.45, 2.75) is 44.6 Å². The molecule has 1 saturated carbocycles. The second-order valence-electron chi connectivity index (χ2n) is 8.92. The second-order valence-corrected chi connectivity index (χ2v) is 9.36. The van der Waals surface area contributed by atoms with E-state index in [-0.39, 0.29) is 46.6 Å². The van der Waals surface area contributed by atoms with Gasteiger partial charge in [-0.1, -0.05) is 11.6 Å². The van der Waals surface area contributed by atoms with E-state index in [9.17, 15) is 14.4 Å². The van der Waals surface area contributed by atoms with Crippen molar-refractivity contribution in [3.05, 3.63) is 41.4 Å². The molecule has 11 heteroatoms. The first kappa shape index (κ1) is 23.1. The maximum absolute atomic E-state index is 13.2. The molecule has 4 N–H and O–H groups in total. The zero-order valence-electron chi connectivity index (χ0n) is 18.9. The number of nitrogen functional groups attached to an aromatic ring is 1. The standard InChI is InChI=1S/C24H25ClN6O4/c25-14-5-8-18(27-11-14)29-24(34)22-21(20-17(35-22)10-15(26)12-28-20)30-23(33)13-3-6-16(7-4-13)31-9-1-2-19(31)32/h5,8,10-13,16H,1-4,6-7,9,26H2,(H,30,33)(H,27,29,34). The van der Waals surface area contributed by atoms with Crippen LogP contribution >= 0.6 is 11.6 Å². The highest BCUT2D eigenvalue weighted by molar-refractivity contribution is 6.30. The number of fused-ring (bicyclic) bond motifs is 1. The van der Waals surface area contributed by atoms with Crippen molar-refractivity contribution < 1.29 is 18.8 Å². The summed E-state index contributed by atoms with van der Waals surface area (Å²) in [4.78, 5) is 48.6. The minimum Gasteiger partial charge on any atom is -0.447 e. The number of nitrogens with one attached hydrogen (secondary N) is 2. The molecule has 35 heavy (non-hydrogen) atoms. The second kappa shape index (κ2) is 9.53. The van der Waals surface area contributed by atoms with E-state index in [2.05, 4.69) is 20.6 Å². The minimum absolute atomic E-state index is 0.0976. The normalized spacial score (nSPS) is 20.3. The molecule has 10 nitrogen and oxygen atoms in total. The summed E-state index contributed by atoms with van der Waals surface area (Å²) in [5.74, 6) is -0.659. The van der Waals surface area contributed by atoms with Crippen molar-refractivity contribution in [1.82, 2.24) is 14.9 Å². The fourth-order valence-corrected chi connectivity index (χ4v) is 4.93. The van der Waals surface area contributed by atoms with Crippen LogP contribution < -0.4 is 16.4 Å². The summed E-state index contributed by atoms with van der Waals surface area (Å²) in [6.07, 6.45) is 7.24. The first-order valence-corrected chi connectivity index (χ1v) is 12.0. The summed E-state index contributed by atoms with van der Waals surface area (Å²) in [7, 11) is 0. The number of carbonyl (C=O) groups is 3. The Kier molecular flexibility index (Phi) is 6.29. The summed E-state index contributed by atoms with van der Waals surface area (Å²) in [6, 6.07) is 4.90. The van der Waals surface area contributed by atoms with Gasteiger partial charge in [-0.3, -0.25) is 14.4 Å². The average Bonchev–Trinajstić information content (AvgIpc) is 3.43. The summed E-state index contributed by atoms with van der Waals surface area (Å²) in [5.41, 5.74) is 7.00. The predicted octanol–water partition coefficient (Wildman–Crippen LogP) is 3.83. The molecule has 1 aliphatic carbocycles. The summed E-state index contributed by atoms with van der Waals surface area (Å²) >= 11 is 5.86. The lowest BCUT2D eigenvalue weighted by Gasteiger charge is -2.34. The maximum atomic E-state index is 13.2. The molecule has 2 fully saturated rings. The van der Waals surface area contributed by atoms with Crippen LogP contribution in [-0.2, 0) is 9.59 Å². The largest absolute Gasteiger partial charge is 0.447 e. The van der Waals surface area contributed by atoms with E-state index >= 15 is 0 Å². The Hall–Kier alpha value is -3.66. The molecule has 1 saturated heterocycles. The van der Waals surface area contributed by atoms with Gasteiger partial charge in [-0.25, -0.2) is 9.97 Å². The van der Waals surface area contributed by atoms with Crippen molar-refractivity contribution in [2.75, 3.05) is 22.9 Å². The molecule has 3 aromatic heterocycles. The lowest BCUT2D eigenvalue weighted by atomic mass is 9.84. The van der Waals surface area contributed by atoms with Gasteiger partial charge in [0, 0.05) is 37.2 Å². The number of aromatic nitrogens is 2. The molecular weight excluding hydrogens is 472 g/mol. The molecule has 0 unspecified atom stereocenters. The zero-order chi connectivity index (χ0) is 24.5. The maximum Gasteiger partial charge on any atom is 0.294 e. The number of hydrogen-bond donors (Lipinski definition) is 3. The summed E-state index contributed by atoms with van der Waals surface area (Å²) in [5, 5.41) is 5.95. The molecule has 3 aromatic rings. The molecule has 2 aliphatic rings. The molecule has 5 rings (SSSR count). The van der Waals surface area contributed by atoms with Crippen LogP contribution in [0.4, 0.5) is 17.2 Å². The number of hydrogen-bond acceptors (Lipinski definition) is 7. The number of halogens is 1. The lowest BCUT2D eigenvalue weighted by Crippen LogP contribution is -2.40. The third kappa shape index (κ3) is 4.79. The Morgan fingerprint density at radius 1 is 1.11 bits per heavy atom. The first-order valence-electron chi connectivity index (χ1n) is 11.6. The van der Waals surface area contributed by atoms with Crippen molar-refractivity contribution >= 4 is 57.6 Å². The van der Waals surface area contributed by atoms with Crippen LogP contribution in [0.25, 0.3) is 11.1 Å². The average molecular weight is 497 g/mol. The first-order chi connectivity index (χ1) is 16.9. The molecule has 0 bridgehead atoms. The Morgan fingerprint density at radius 2 is 1.91 bits per heavy atom. The van der Waals surface area contributed by atoms with Gasteiger partial charge in [0.1, 0.15) is 17.0 Å². The Labute approximate surface area is 206 Å². The molecule has 182 valence electrons. The van der Waals surface area contributed by atoms with Crippen molar-refractivity contribution in [3.8, 4) is 0 Å².